The van der Waals surface area contributed by atoms with Gasteiger partial charge in [-0.1, -0.05) is 74.5 Å². The van der Waals surface area contributed by atoms with Gasteiger partial charge >= 0.3 is 0 Å². The van der Waals surface area contributed by atoms with Gasteiger partial charge in [0.2, 0.25) is 0 Å². The first-order valence-electron chi connectivity index (χ1n) is 12.7. The third-order valence-corrected chi connectivity index (χ3v) is 8.78. The lowest BCUT2D eigenvalue weighted by Crippen LogP contribution is -2.14. The molecule has 2 heterocycles. The topological polar surface area (TPSA) is 41.0 Å². The van der Waals surface area contributed by atoms with E-state index in [4.69, 9.17) is 23.2 Å². The van der Waals surface area contributed by atoms with Crippen LogP contribution in [0.2, 0.25) is 10.0 Å². The minimum absolute atomic E-state index is 0.602. The van der Waals surface area contributed by atoms with Crippen molar-refractivity contribution in [3.63, 3.8) is 0 Å². The van der Waals surface area contributed by atoms with Gasteiger partial charge < -0.3 is 9.03 Å². The molecule has 1 aliphatic rings. The second-order valence-electron chi connectivity index (χ2n) is 8.76. The number of hydrogen-bond acceptors (Lipinski definition) is 6. The molecule has 1 aromatic heterocycles. The van der Waals surface area contributed by atoms with Crippen molar-refractivity contribution < 1.29 is 0 Å². The van der Waals surface area contributed by atoms with E-state index in [0.29, 0.717) is 10.8 Å². The Balaban J connectivity index is 0.000000747. The number of nitrogens with one attached hydrogen (secondary N) is 1. The second kappa shape index (κ2) is 14.1. The lowest BCUT2D eigenvalue weighted by molar-refractivity contribution is 0.751. The van der Waals surface area contributed by atoms with Crippen LogP contribution < -0.4 is 9.03 Å². The van der Waals surface area contributed by atoms with Crippen LogP contribution in [0.5, 0.6) is 0 Å². The summed E-state index contributed by atoms with van der Waals surface area (Å²) in [6.45, 7) is 5.43. The highest BCUT2D eigenvalue weighted by molar-refractivity contribution is 8.01. The average Bonchev–Trinajstić information content (AvgIpc) is 3.23. The van der Waals surface area contributed by atoms with Crippen LogP contribution in [0.4, 0.5) is 11.4 Å². The normalized spacial score (nSPS) is 13.6. The summed E-state index contributed by atoms with van der Waals surface area (Å²) >= 11 is 16.5. The molecule has 0 spiro atoms. The number of para-hydroxylation sites is 1. The van der Waals surface area contributed by atoms with Gasteiger partial charge in [-0.2, -0.15) is 0 Å². The fraction of sp³-hybridized carbons (Fsp3) is 0.310. The molecular weight excluding hydrogens is 539 g/mol. The Bertz CT molecular complexity index is 1310. The molecular formula is C29H32Cl2N4S2. The highest BCUT2D eigenvalue weighted by Gasteiger charge is 2.14. The first kappa shape index (κ1) is 27.9. The zero-order valence-electron chi connectivity index (χ0n) is 21.2. The summed E-state index contributed by atoms with van der Waals surface area (Å²) in [5.74, 6) is 1.76. The molecule has 1 fully saturated rings. The summed E-state index contributed by atoms with van der Waals surface area (Å²) in [4.78, 5) is 10.2. The van der Waals surface area contributed by atoms with E-state index in [0.717, 1.165) is 44.4 Å². The second-order valence-corrected chi connectivity index (χ2v) is 11.5. The predicted octanol–water partition coefficient (Wildman–Crippen LogP) is 10.2. The Morgan fingerprint density at radius 2 is 1.78 bits per heavy atom. The van der Waals surface area contributed by atoms with Gasteiger partial charge in [0.1, 0.15) is 0 Å². The molecule has 4 aromatic rings. The number of aromatic nitrogens is 2. The summed E-state index contributed by atoms with van der Waals surface area (Å²) in [6.07, 6.45) is 8.26. The van der Waals surface area contributed by atoms with E-state index >= 15 is 0 Å². The van der Waals surface area contributed by atoms with Gasteiger partial charge in [-0.3, -0.25) is 0 Å². The van der Waals surface area contributed by atoms with Crippen LogP contribution in [0.25, 0.3) is 22.3 Å². The SMILES string of the molecule is CCCC.Clc1cc(N2CCCCCS2)ccc1SNc1ccc(Cl)c(-c2ncc3ccccc3n2)c1. The maximum atomic E-state index is 6.63. The molecule has 4 nitrogen and oxygen atoms in total. The number of unbranched alkanes of at least 4 members (excludes halogenated alkanes) is 1. The number of anilines is 2. The molecule has 194 valence electrons. The summed E-state index contributed by atoms with van der Waals surface area (Å²) in [6, 6.07) is 20.0. The Morgan fingerprint density at radius 1 is 0.946 bits per heavy atom. The smallest absolute Gasteiger partial charge is 0.161 e. The number of benzene rings is 3. The summed E-state index contributed by atoms with van der Waals surface area (Å²) in [5.41, 5.74) is 3.74. The molecule has 0 unspecified atom stereocenters. The molecule has 0 saturated carbocycles. The number of nitrogens with zero attached hydrogens (tertiary/aromatic N) is 3. The first-order chi connectivity index (χ1) is 18.1. The lowest BCUT2D eigenvalue weighted by Gasteiger charge is -2.21. The predicted molar refractivity (Wildman–Crippen MR) is 165 cm³/mol. The Labute approximate surface area is 238 Å². The fourth-order valence-electron chi connectivity index (χ4n) is 3.68. The average molecular weight is 572 g/mol. The standard InChI is InChI=1S/C25H22Cl2N4S2.C4H10/c26-21-10-8-18(14-20(21)25-28-16-17-6-2-3-7-23(17)29-25)30-33-24-11-9-19(15-22(24)27)31-12-4-1-5-13-32-31;1-3-4-2/h2-3,6-11,14-16,30H,1,4-5,12-13H2;3-4H2,1-2H3. The molecule has 0 atom stereocenters. The number of hydrogen-bond donors (Lipinski definition) is 1. The van der Waals surface area contributed by atoms with Crippen LogP contribution in [0, 0.1) is 0 Å². The van der Waals surface area contributed by atoms with Crippen molar-refractivity contribution in [2.75, 3.05) is 21.3 Å². The largest absolute Gasteiger partial charge is 0.326 e. The number of rotatable bonds is 6. The monoisotopic (exact) mass is 570 g/mol. The zero-order chi connectivity index (χ0) is 26.0. The van der Waals surface area contributed by atoms with E-state index in [1.165, 1.54) is 49.7 Å². The molecule has 0 amide bonds. The third-order valence-electron chi connectivity index (χ3n) is 5.93. The van der Waals surface area contributed by atoms with Crippen molar-refractivity contribution >= 4 is 69.4 Å². The molecule has 0 aliphatic carbocycles. The summed E-state index contributed by atoms with van der Waals surface area (Å²) in [5, 5.41) is 2.35. The highest BCUT2D eigenvalue weighted by atomic mass is 35.5. The van der Waals surface area contributed by atoms with E-state index in [1.54, 1.807) is 0 Å². The van der Waals surface area contributed by atoms with Gasteiger partial charge in [0.05, 0.1) is 15.6 Å². The van der Waals surface area contributed by atoms with Gasteiger partial charge in [-0.05, 0) is 79.2 Å². The van der Waals surface area contributed by atoms with E-state index in [-0.39, 0.29) is 0 Å². The molecule has 1 saturated heterocycles. The van der Waals surface area contributed by atoms with E-state index in [9.17, 15) is 0 Å². The summed E-state index contributed by atoms with van der Waals surface area (Å²) in [7, 11) is 0. The maximum Gasteiger partial charge on any atom is 0.161 e. The minimum atomic E-state index is 0.602. The van der Waals surface area contributed by atoms with Crippen molar-refractivity contribution in [2.24, 2.45) is 0 Å². The zero-order valence-corrected chi connectivity index (χ0v) is 24.4. The van der Waals surface area contributed by atoms with Gasteiger partial charge in [0.15, 0.2) is 5.82 Å². The number of halogens is 2. The van der Waals surface area contributed by atoms with E-state index in [1.807, 2.05) is 60.6 Å². The third kappa shape index (κ3) is 7.70. The molecule has 3 aromatic carbocycles. The number of fused-ring (bicyclic) bond motifs is 1. The van der Waals surface area contributed by atoms with Crippen molar-refractivity contribution in [1.29, 1.82) is 0 Å². The summed E-state index contributed by atoms with van der Waals surface area (Å²) < 4.78 is 5.74. The van der Waals surface area contributed by atoms with Gasteiger partial charge in [-0.25, -0.2) is 9.97 Å². The molecule has 0 radical (unpaired) electrons. The Kier molecular flexibility index (Phi) is 10.7. The van der Waals surface area contributed by atoms with E-state index in [2.05, 4.69) is 51.0 Å². The van der Waals surface area contributed by atoms with Crippen LogP contribution in [0.3, 0.4) is 0 Å². The van der Waals surface area contributed by atoms with Crippen LogP contribution >= 0.6 is 47.1 Å². The Morgan fingerprint density at radius 3 is 2.59 bits per heavy atom. The van der Waals surface area contributed by atoms with Crippen LogP contribution in [-0.2, 0) is 0 Å². The van der Waals surface area contributed by atoms with Crippen LogP contribution in [-0.4, -0.2) is 22.3 Å². The quantitative estimate of drug-likeness (QED) is 0.232. The molecule has 1 aliphatic heterocycles. The maximum absolute atomic E-state index is 6.63. The van der Waals surface area contributed by atoms with Crippen LogP contribution in [0.15, 0.2) is 71.8 Å². The fourth-order valence-corrected chi connectivity index (χ4v) is 5.90. The molecule has 1 N–H and O–H groups in total. The van der Waals surface area contributed by atoms with Crippen molar-refractivity contribution in [3.05, 3.63) is 76.9 Å². The van der Waals surface area contributed by atoms with Gasteiger partial charge in [0, 0.05) is 45.7 Å². The molecule has 0 bridgehead atoms. The molecule has 37 heavy (non-hydrogen) atoms. The molecule has 5 rings (SSSR count). The lowest BCUT2D eigenvalue weighted by atomic mass is 10.1. The van der Waals surface area contributed by atoms with Crippen LogP contribution in [0.1, 0.15) is 46.0 Å². The highest BCUT2D eigenvalue weighted by Crippen LogP contribution is 2.36. The van der Waals surface area contributed by atoms with Gasteiger partial charge in [0.25, 0.3) is 0 Å². The van der Waals surface area contributed by atoms with Crippen molar-refractivity contribution in [1.82, 2.24) is 9.97 Å². The molecule has 8 heteroatoms. The van der Waals surface area contributed by atoms with Gasteiger partial charge in [-0.15, -0.1) is 0 Å². The first-order valence-corrected chi connectivity index (χ1v) is 15.2. The van der Waals surface area contributed by atoms with Crippen molar-refractivity contribution in [2.45, 2.75) is 50.8 Å². The minimum Gasteiger partial charge on any atom is -0.326 e. The van der Waals surface area contributed by atoms with E-state index < -0.39 is 0 Å². The van der Waals surface area contributed by atoms with Crippen molar-refractivity contribution in [3.8, 4) is 11.4 Å². The Hall–Kier alpha value is -2.12.